The van der Waals surface area contributed by atoms with Crippen molar-refractivity contribution in [2.75, 3.05) is 13.2 Å². The van der Waals surface area contributed by atoms with Crippen LogP contribution < -0.4 is 0 Å². The molecule has 75 heavy (non-hydrogen) atoms. The Bertz CT molecular complexity index is 1490. The summed E-state index contributed by atoms with van der Waals surface area (Å²) in [4.78, 5) is 51.1. The minimum Gasteiger partial charge on any atom is -0.479 e. The van der Waals surface area contributed by atoms with Crippen molar-refractivity contribution in [1.29, 1.82) is 0 Å². The van der Waals surface area contributed by atoms with Crippen LogP contribution in [0.15, 0.2) is 48.6 Å². The number of hydrogen-bond donors (Lipinski definition) is 3. The highest BCUT2D eigenvalue weighted by Crippen LogP contribution is 2.26. The maximum absolute atomic E-state index is 13.1. The third-order valence-electron chi connectivity index (χ3n) is 13.8. The molecule has 0 spiro atoms. The summed E-state index contributed by atoms with van der Waals surface area (Å²) < 4.78 is 28.4. The van der Waals surface area contributed by atoms with Crippen LogP contribution in [0.2, 0.25) is 0 Å². The number of aliphatic hydroxyl groups is 2. The van der Waals surface area contributed by atoms with Gasteiger partial charge in [-0.2, -0.15) is 0 Å². The zero-order valence-corrected chi connectivity index (χ0v) is 47.8. The second-order valence-corrected chi connectivity index (χ2v) is 21.0. The largest absolute Gasteiger partial charge is 0.479 e. The van der Waals surface area contributed by atoms with Gasteiger partial charge in [0.15, 0.2) is 24.6 Å². The molecule has 0 aliphatic carbocycles. The molecule has 12 nitrogen and oxygen atoms in total. The molecule has 434 valence electrons. The van der Waals surface area contributed by atoms with Crippen molar-refractivity contribution in [1.82, 2.24) is 0 Å². The van der Waals surface area contributed by atoms with Gasteiger partial charge in [-0.1, -0.05) is 236 Å². The summed E-state index contributed by atoms with van der Waals surface area (Å²) in [6.07, 6.45) is 49.4. The van der Waals surface area contributed by atoms with E-state index in [0.717, 1.165) is 122 Å². The number of carboxylic acid groups (broad SMARTS) is 1. The predicted octanol–water partition coefficient (Wildman–Crippen LogP) is 15.8. The average Bonchev–Trinajstić information content (AvgIpc) is 3.39. The second-order valence-electron chi connectivity index (χ2n) is 21.0. The van der Waals surface area contributed by atoms with Gasteiger partial charge >= 0.3 is 23.9 Å². The molecule has 1 saturated heterocycles. The number of ether oxygens (including phenoxy) is 5. The van der Waals surface area contributed by atoms with E-state index in [0.29, 0.717) is 19.3 Å². The van der Waals surface area contributed by atoms with Crippen LogP contribution in [0.1, 0.15) is 278 Å². The summed E-state index contributed by atoms with van der Waals surface area (Å²) in [5.74, 6) is -3.14. The van der Waals surface area contributed by atoms with Crippen LogP contribution in [0.4, 0.5) is 0 Å². The highest BCUT2D eigenvalue weighted by Gasteiger charge is 2.50. The molecule has 0 aromatic heterocycles. The molecule has 0 radical (unpaired) electrons. The van der Waals surface area contributed by atoms with Crippen LogP contribution in [-0.4, -0.2) is 89.2 Å². The lowest BCUT2D eigenvalue weighted by molar-refractivity contribution is -0.301. The van der Waals surface area contributed by atoms with Crippen LogP contribution in [0.3, 0.4) is 0 Å². The number of carbonyl (C=O) groups excluding carboxylic acids is 3. The maximum Gasteiger partial charge on any atom is 0.335 e. The number of allylic oxidation sites excluding steroid dienone is 8. The fourth-order valence-corrected chi connectivity index (χ4v) is 9.15. The van der Waals surface area contributed by atoms with Crippen molar-refractivity contribution in [3.05, 3.63) is 48.6 Å². The van der Waals surface area contributed by atoms with Crippen LogP contribution in [0, 0.1) is 0 Å². The van der Waals surface area contributed by atoms with Gasteiger partial charge in [-0.25, -0.2) is 4.79 Å². The van der Waals surface area contributed by atoms with Crippen LogP contribution >= 0.6 is 0 Å². The molecule has 3 N–H and O–H groups in total. The summed E-state index contributed by atoms with van der Waals surface area (Å²) in [6.45, 7) is 5.87. The first-order chi connectivity index (χ1) is 36.6. The molecule has 1 aliphatic heterocycles. The van der Waals surface area contributed by atoms with Gasteiger partial charge in [-0.3, -0.25) is 14.4 Å². The number of hydrogen-bond acceptors (Lipinski definition) is 11. The van der Waals surface area contributed by atoms with Gasteiger partial charge in [-0.15, -0.1) is 0 Å². The molecule has 0 saturated carbocycles. The van der Waals surface area contributed by atoms with Crippen molar-refractivity contribution < 1.29 is 58.2 Å². The molecule has 1 rings (SSSR count). The van der Waals surface area contributed by atoms with Crippen molar-refractivity contribution in [3.8, 4) is 0 Å². The standard InChI is InChI=1S/C63H110O12/c1-4-7-10-13-16-19-22-25-26-27-28-29-30-33-34-37-40-43-46-49-55(64)71-52-54(73-56(65)50-47-44-41-38-35-31-23-20-17-14-11-8-5-2)53-72-63-61(59(68)58(67)60(75-63)62(69)70)74-57(66)51-48-45-42-39-36-32-24-21-18-15-12-9-6-3/h11-12,14-15,20-21,23-24,54,58-61,63,67-68H,4-10,13,16-19,22,25-53H2,1-3H3,(H,69,70)/b14-11-,15-12-,23-20-,24-21-. The third-order valence-corrected chi connectivity index (χ3v) is 13.8. The van der Waals surface area contributed by atoms with E-state index in [1.54, 1.807) is 0 Å². The Morgan fingerprint density at radius 2 is 0.827 bits per heavy atom. The summed E-state index contributed by atoms with van der Waals surface area (Å²) >= 11 is 0. The molecule has 0 amide bonds. The zero-order valence-electron chi connectivity index (χ0n) is 47.8. The summed E-state index contributed by atoms with van der Waals surface area (Å²) in [5.41, 5.74) is 0. The van der Waals surface area contributed by atoms with Gasteiger partial charge < -0.3 is 39.0 Å². The molecule has 12 heteroatoms. The number of aliphatic carboxylic acids is 1. The highest BCUT2D eigenvalue weighted by molar-refractivity contribution is 5.74. The number of carbonyl (C=O) groups is 4. The quantitative estimate of drug-likeness (QED) is 0.0228. The number of rotatable bonds is 52. The van der Waals surface area contributed by atoms with E-state index in [-0.39, 0.29) is 25.9 Å². The van der Waals surface area contributed by atoms with Crippen LogP contribution in [-0.2, 0) is 42.9 Å². The Hall–Kier alpha value is -3.32. The highest BCUT2D eigenvalue weighted by atomic mass is 16.7. The first-order valence-electron chi connectivity index (χ1n) is 30.6. The number of aliphatic hydroxyl groups excluding tert-OH is 2. The van der Waals surface area contributed by atoms with Crippen LogP contribution in [0.25, 0.3) is 0 Å². The average molecular weight is 1060 g/mol. The third kappa shape index (κ3) is 41.5. The summed E-state index contributed by atoms with van der Waals surface area (Å²) in [6, 6.07) is 0. The Balaban J connectivity index is 2.65. The van der Waals surface area contributed by atoms with Gasteiger partial charge in [0.25, 0.3) is 0 Å². The summed E-state index contributed by atoms with van der Waals surface area (Å²) in [5, 5.41) is 31.5. The molecule has 1 aliphatic rings. The van der Waals surface area contributed by atoms with Crippen LogP contribution in [0.5, 0.6) is 0 Å². The topological polar surface area (TPSA) is 175 Å². The Labute approximate surface area is 456 Å². The van der Waals surface area contributed by atoms with E-state index in [1.807, 2.05) is 0 Å². The fraction of sp³-hybridized carbons (Fsp3) is 0.810. The predicted molar refractivity (Wildman–Crippen MR) is 303 cm³/mol. The maximum atomic E-state index is 13.1. The lowest BCUT2D eigenvalue weighted by Crippen LogP contribution is -2.61. The molecule has 0 bridgehead atoms. The van der Waals surface area contributed by atoms with E-state index in [1.165, 1.54) is 96.3 Å². The zero-order chi connectivity index (χ0) is 54.7. The van der Waals surface area contributed by atoms with E-state index < -0.39 is 67.3 Å². The molecule has 0 aromatic carbocycles. The molecule has 1 heterocycles. The molecule has 6 unspecified atom stereocenters. The van der Waals surface area contributed by atoms with Crippen molar-refractivity contribution in [3.63, 3.8) is 0 Å². The SMILES string of the molecule is CCC/C=C\C/C=C\CCCCCCCC(=O)OC(COC(=O)CCCCCCCCCCCCCCCCCCCCC)COC1OC(C(=O)O)C(O)C(O)C1OC(=O)CCCCCCC/C=C\C/C=C\CCC. The van der Waals surface area contributed by atoms with E-state index in [9.17, 15) is 34.5 Å². The van der Waals surface area contributed by atoms with Crippen molar-refractivity contribution in [2.24, 2.45) is 0 Å². The second kappa shape index (κ2) is 51.4. The minimum absolute atomic E-state index is 0.0438. The molecule has 0 aromatic rings. The van der Waals surface area contributed by atoms with Gasteiger partial charge in [0.2, 0.25) is 0 Å². The monoisotopic (exact) mass is 1060 g/mol. The Kier molecular flexibility index (Phi) is 47.8. The molecule has 1 fully saturated rings. The normalized spacial score (nSPS) is 18.4. The minimum atomic E-state index is -1.91. The number of esters is 3. The number of carboxylic acids is 1. The Morgan fingerprint density at radius 3 is 1.25 bits per heavy atom. The van der Waals surface area contributed by atoms with E-state index >= 15 is 0 Å². The lowest BCUT2D eigenvalue weighted by Gasteiger charge is -2.40. The smallest absolute Gasteiger partial charge is 0.335 e. The first kappa shape index (κ1) is 69.7. The van der Waals surface area contributed by atoms with Crippen molar-refractivity contribution in [2.45, 2.75) is 314 Å². The molecular weight excluding hydrogens is 949 g/mol. The number of unbranched alkanes of at least 4 members (excludes halogenated alkanes) is 30. The molecule has 6 atom stereocenters. The van der Waals surface area contributed by atoms with E-state index in [2.05, 4.69) is 69.4 Å². The lowest BCUT2D eigenvalue weighted by atomic mass is 9.98. The van der Waals surface area contributed by atoms with Crippen molar-refractivity contribution >= 4 is 23.9 Å². The van der Waals surface area contributed by atoms with E-state index in [4.69, 9.17) is 23.7 Å². The van der Waals surface area contributed by atoms with Gasteiger partial charge in [0, 0.05) is 19.3 Å². The summed E-state index contributed by atoms with van der Waals surface area (Å²) in [7, 11) is 0. The van der Waals surface area contributed by atoms with Gasteiger partial charge in [-0.05, 0) is 70.6 Å². The first-order valence-corrected chi connectivity index (χ1v) is 30.6. The fourth-order valence-electron chi connectivity index (χ4n) is 9.15. The van der Waals surface area contributed by atoms with Gasteiger partial charge in [0.1, 0.15) is 18.8 Å². The Morgan fingerprint density at radius 1 is 0.440 bits per heavy atom. The molecular formula is C63H110O12. The van der Waals surface area contributed by atoms with Gasteiger partial charge in [0.05, 0.1) is 6.61 Å².